The Morgan fingerprint density at radius 3 is 2.41 bits per heavy atom. The number of nitrogens with two attached hydrogens (primary N) is 1. The largest absolute Gasteiger partial charge is 0.467 e. The highest BCUT2D eigenvalue weighted by atomic mass is 32.2. The van der Waals surface area contributed by atoms with Crippen LogP contribution in [0.4, 0.5) is 0 Å². The van der Waals surface area contributed by atoms with Crippen LogP contribution in [0.3, 0.4) is 0 Å². The lowest BCUT2D eigenvalue weighted by Gasteiger charge is -2.24. The smallest absolute Gasteiger partial charge is 0.328 e. The van der Waals surface area contributed by atoms with E-state index >= 15 is 0 Å². The van der Waals surface area contributed by atoms with Gasteiger partial charge in [-0.25, -0.2) is 4.79 Å². The number of carbonyl (C=O) groups is 2. The molecule has 152 valence electrons. The van der Waals surface area contributed by atoms with Crippen LogP contribution in [-0.2, 0) is 20.7 Å². The second-order valence-electron chi connectivity index (χ2n) is 6.92. The van der Waals surface area contributed by atoms with Crippen molar-refractivity contribution in [2.24, 2.45) is 11.7 Å². The van der Waals surface area contributed by atoms with E-state index in [9.17, 15) is 9.59 Å². The minimum absolute atomic E-state index is 0.0519. The zero-order valence-corrected chi connectivity index (χ0v) is 17.6. The van der Waals surface area contributed by atoms with E-state index in [1.165, 1.54) is 7.11 Å². The van der Waals surface area contributed by atoms with Gasteiger partial charge in [0.1, 0.15) is 6.04 Å². The van der Waals surface area contributed by atoms with Crippen molar-refractivity contribution in [3.63, 3.8) is 0 Å². The maximum Gasteiger partial charge on any atom is 0.328 e. The number of hydrogen-bond donors (Lipinski definition) is 3. The molecule has 0 radical (unpaired) electrons. The van der Waals surface area contributed by atoms with Gasteiger partial charge in [0.05, 0.1) is 13.2 Å². The number of methoxy groups -OCH3 is 1. The standard InChI is InChI=1S/C20H33N3O3S/c1-14(2)16(21)13-22-18(12-15-8-6-5-7-9-15)19(24)23-17(10-11-27-4)20(25)26-3/h5-9,14,16-18,22H,10-13,21H2,1-4H3,(H,23,24)/t16-,17+,18+/m1/s1. The highest BCUT2D eigenvalue weighted by molar-refractivity contribution is 7.98. The van der Waals surface area contributed by atoms with Crippen LogP contribution in [0.1, 0.15) is 25.8 Å². The first-order valence-electron chi connectivity index (χ1n) is 9.29. The van der Waals surface area contributed by atoms with Gasteiger partial charge in [0, 0.05) is 12.6 Å². The lowest BCUT2D eigenvalue weighted by molar-refractivity contribution is -0.145. The fourth-order valence-corrected chi connectivity index (χ4v) is 2.99. The van der Waals surface area contributed by atoms with E-state index in [2.05, 4.69) is 10.6 Å². The maximum absolute atomic E-state index is 12.9. The third-order valence-electron chi connectivity index (χ3n) is 4.47. The fraction of sp³-hybridized carbons (Fsp3) is 0.600. The molecule has 4 N–H and O–H groups in total. The first-order chi connectivity index (χ1) is 12.9. The van der Waals surface area contributed by atoms with E-state index < -0.39 is 18.1 Å². The van der Waals surface area contributed by atoms with Gasteiger partial charge in [-0.1, -0.05) is 44.2 Å². The Morgan fingerprint density at radius 2 is 1.85 bits per heavy atom. The van der Waals surface area contributed by atoms with E-state index in [1.54, 1.807) is 11.8 Å². The molecule has 0 aliphatic carbocycles. The van der Waals surface area contributed by atoms with Crippen LogP contribution < -0.4 is 16.4 Å². The van der Waals surface area contributed by atoms with Crippen LogP contribution in [0.25, 0.3) is 0 Å². The van der Waals surface area contributed by atoms with Crippen LogP contribution in [0, 0.1) is 5.92 Å². The van der Waals surface area contributed by atoms with Crippen molar-refractivity contribution in [2.75, 3.05) is 25.7 Å². The molecule has 0 fully saturated rings. The van der Waals surface area contributed by atoms with Gasteiger partial charge in [0.15, 0.2) is 0 Å². The van der Waals surface area contributed by atoms with E-state index in [4.69, 9.17) is 10.5 Å². The van der Waals surface area contributed by atoms with Gasteiger partial charge in [0.2, 0.25) is 5.91 Å². The molecule has 1 aromatic rings. The second kappa shape index (κ2) is 12.8. The number of rotatable bonds is 12. The van der Waals surface area contributed by atoms with Crippen LogP contribution in [-0.4, -0.2) is 55.7 Å². The molecule has 6 nitrogen and oxygen atoms in total. The van der Waals surface area contributed by atoms with Crippen molar-refractivity contribution < 1.29 is 14.3 Å². The molecule has 0 aliphatic rings. The Balaban J connectivity index is 2.84. The van der Waals surface area contributed by atoms with Crippen LogP contribution >= 0.6 is 11.8 Å². The topological polar surface area (TPSA) is 93.4 Å². The van der Waals surface area contributed by atoms with Gasteiger partial charge in [-0.15, -0.1) is 0 Å². The normalized spacial score (nSPS) is 14.4. The number of ether oxygens (including phenoxy) is 1. The number of benzene rings is 1. The molecule has 0 bridgehead atoms. The summed E-state index contributed by atoms with van der Waals surface area (Å²) in [6, 6.07) is 8.62. The molecule has 0 aliphatic heterocycles. The summed E-state index contributed by atoms with van der Waals surface area (Å²) in [7, 11) is 1.34. The molecule has 7 heteroatoms. The van der Waals surface area contributed by atoms with E-state index in [0.29, 0.717) is 25.3 Å². The van der Waals surface area contributed by atoms with Gasteiger partial charge in [0.25, 0.3) is 0 Å². The average molecular weight is 396 g/mol. The molecule has 0 heterocycles. The zero-order chi connectivity index (χ0) is 20.2. The molecule has 1 rings (SSSR count). The number of esters is 1. The summed E-state index contributed by atoms with van der Waals surface area (Å²) in [6.45, 7) is 4.62. The molecular weight excluding hydrogens is 362 g/mol. The highest BCUT2D eigenvalue weighted by Crippen LogP contribution is 2.07. The second-order valence-corrected chi connectivity index (χ2v) is 7.91. The average Bonchev–Trinajstić information content (AvgIpc) is 2.67. The molecule has 0 saturated heterocycles. The molecule has 0 spiro atoms. The van der Waals surface area contributed by atoms with Crippen molar-refractivity contribution in [2.45, 2.75) is 44.8 Å². The molecule has 27 heavy (non-hydrogen) atoms. The number of thioether (sulfide) groups is 1. The molecule has 1 amide bonds. The minimum atomic E-state index is -0.645. The Morgan fingerprint density at radius 1 is 1.19 bits per heavy atom. The summed E-state index contributed by atoms with van der Waals surface area (Å²) >= 11 is 1.62. The van der Waals surface area contributed by atoms with Crippen molar-refractivity contribution in [1.29, 1.82) is 0 Å². The minimum Gasteiger partial charge on any atom is -0.467 e. The summed E-state index contributed by atoms with van der Waals surface area (Å²) in [6.07, 6.45) is 3.01. The van der Waals surface area contributed by atoms with Crippen molar-refractivity contribution >= 4 is 23.6 Å². The number of nitrogens with one attached hydrogen (secondary N) is 2. The van der Waals surface area contributed by atoms with Crippen LogP contribution in [0.2, 0.25) is 0 Å². The number of carbonyl (C=O) groups excluding carboxylic acids is 2. The van der Waals surface area contributed by atoms with E-state index in [1.807, 2.05) is 50.4 Å². The lowest BCUT2D eigenvalue weighted by Crippen LogP contribution is -2.53. The molecule has 0 aromatic heterocycles. The molecule has 1 aromatic carbocycles. The van der Waals surface area contributed by atoms with E-state index in [-0.39, 0.29) is 11.9 Å². The summed E-state index contributed by atoms with van der Waals surface area (Å²) in [5.41, 5.74) is 7.17. The summed E-state index contributed by atoms with van der Waals surface area (Å²) in [5.74, 6) is 0.429. The predicted molar refractivity (Wildman–Crippen MR) is 112 cm³/mol. The number of hydrogen-bond acceptors (Lipinski definition) is 6. The Bertz CT molecular complexity index is 569. The van der Waals surface area contributed by atoms with Gasteiger partial charge >= 0.3 is 5.97 Å². The van der Waals surface area contributed by atoms with Gasteiger partial charge in [-0.2, -0.15) is 11.8 Å². The van der Waals surface area contributed by atoms with Crippen LogP contribution in [0.15, 0.2) is 30.3 Å². The van der Waals surface area contributed by atoms with E-state index in [0.717, 1.165) is 11.3 Å². The monoisotopic (exact) mass is 395 g/mol. The Hall–Kier alpha value is -1.57. The van der Waals surface area contributed by atoms with Gasteiger partial charge in [-0.05, 0) is 36.3 Å². The zero-order valence-electron chi connectivity index (χ0n) is 16.7. The third-order valence-corrected chi connectivity index (χ3v) is 5.11. The highest BCUT2D eigenvalue weighted by Gasteiger charge is 2.26. The van der Waals surface area contributed by atoms with Gasteiger partial charge in [-0.3, -0.25) is 4.79 Å². The Kier molecular flexibility index (Phi) is 11.1. The predicted octanol–water partition coefficient (Wildman–Crippen LogP) is 1.58. The summed E-state index contributed by atoms with van der Waals surface area (Å²) in [4.78, 5) is 24.9. The van der Waals surface area contributed by atoms with Crippen molar-refractivity contribution in [3.05, 3.63) is 35.9 Å². The Labute approximate surface area is 167 Å². The first-order valence-corrected chi connectivity index (χ1v) is 10.7. The van der Waals surface area contributed by atoms with Crippen molar-refractivity contribution in [3.8, 4) is 0 Å². The fourth-order valence-electron chi connectivity index (χ4n) is 2.52. The van der Waals surface area contributed by atoms with Gasteiger partial charge < -0.3 is 21.1 Å². The third kappa shape index (κ3) is 8.77. The first kappa shape index (κ1) is 23.5. The van der Waals surface area contributed by atoms with Crippen molar-refractivity contribution in [1.82, 2.24) is 10.6 Å². The quantitative estimate of drug-likeness (QED) is 0.465. The van der Waals surface area contributed by atoms with Crippen LogP contribution in [0.5, 0.6) is 0 Å². The lowest BCUT2D eigenvalue weighted by atomic mass is 10.0. The maximum atomic E-state index is 12.9. The molecule has 0 saturated carbocycles. The molecular formula is C20H33N3O3S. The molecule has 3 atom stereocenters. The summed E-state index contributed by atoms with van der Waals surface area (Å²) in [5, 5.41) is 6.12. The number of amides is 1. The SMILES string of the molecule is COC(=O)[C@H](CCSC)NC(=O)[C@H](Cc1ccccc1)NC[C@@H](N)C(C)C. The molecule has 0 unspecified atom stereocenters. The summed E-state index contributed by atoms with van der Waals surface area (Å²) < 4.78 is 4.83.